The van der Waals surface area contributed by atoms with Crippen LogP contribution in [-0.4, -0.2) is 33.0 Å². The molecule has 0 saturated carbocycles. The lowest BCUT2D eigenvalue weighted by Gasteiger charge is -2.31. The van der Waals surface area contributed by atoms with Gasteiger partial charge >= 0.3 is 0 Å². The first-order valence-electron chi connectivity index (χ1n) is 10.4. The predicted octanol–water partition coefficient (Wildman–Crippen LogP) is 4.38. The fourth-order valence-electron chi connectivity index (χ4n) is 3.88. The van der Waals surface area contributed by atoms with Crippen LogP contribution >= 0.6 is 0 Å². The van der Waals surface area contributed by atoms with Crippen LogP contribution in [0, 0.1) is 19.8 Å². The third-order valence-electron chi connectivity index (χ3n) is 5.84. The van der Waals surface area contributed by atoms with E-state index in [0.29, 0.717) is 17.4 Å². The van der Waals surface area contributed by atoms with Gasteiger partial charge in [0.15, 0.2) is 0 Å². The van der Waals surface area contributed by atoms with E-state index in [0.717, 1.165) is 49.6 Å². The maximum absolute atomic E-state index is 12.6. The Morgan fingerprint density at radius 2 is 1.72 bits per heavy atom. The molecule has 5 nitrogen and oxygen atoms in total. The van der Waals surface area contributed by atoms with Crippen LogP contribution < -0.4 is 4.72 Å². The summed E-state index contributed by atoms with van der Waals surface area (Å²) in [6, 6.07) is 9.35. The van der Waals surface area contributed by atoms with E-state index in [9.17, 15) is 8.42 Å². The lowest BCUT2D eigenvalue weighted by Crippen LogP contribution is -2.38. The van der Waals surface area contributed by atoms with E-state index < -0.39 is 10.0 Å². The van der Waals surface area contributed by atoms with Crippen LogP contribution in [-0.2, 0) is 22.0 Å². The van der Waals surface area contributed by atoms with E-state index in [2.05, 4.69) is 36.5 Å². The Balaban J connectivity index is 1.50. The van der Waals surface area contributed by atoms with Crippen molar-refractivity contribution in [3.63, 3.8) is 0 Å². The Hall–Kier alpha value is -1.63. The lowest BCUT2D eigenvalue weighted by molar-refractivity contribution is 0.178. The number of furan rings is 1. The number of nitrogens with one attached hydrogen (secondary N) is 1. The molecular weight excluding hydrogens is 384 g/mol. The Kier molecular flexibility index (Phi) is 6.56. The van der Waals surface area contributed by atoms with Gasteiger partial charge in [0.05, 0.1) is 4.90 Å². The zero-order valence-corrected chi connectivity index (χ0v) is 19.1. The molecule has 1 N–H and O–H groups in total. The zero-order chi connectivity index (χ0) is 21.2. The number of aryl methyl sites for hydroxylation is 2. The predicted molar refractivity (Wildman–Crippen MR) is 117 cm³/mol. The minimum Gasteiger partial charge on any atom is -0.466 e. The monoisotopic (exact) mass is 418 g/mol. The number of sulfonamides is 1. The molecule has 0 unspecified atom stereocenters. The van der Waals surface area contributed by atoms with Gasteiger partial charge in [-0.1, -0.05) is 32.9 Å². The normalized spacial score (nSPS) is 17.0. The first-order chi connectivity index (χ1) is 13.5. The van der Waals surface area contributed by atoms with Gasteiger partial charge in [-0.05, 0) is 74.9 Å². The summed E-state index contributed by atoms with van der Waals surface area (Å²) < 4.78 is 33.7. The van der Waals surface area contributed by atoms with Gasteiger partial charge in [-0.3, -0.25) is 4.90 Å². The van der Waals surface area contributed by atoms with Crippen molar-refractivity contribution in [2.24, 2.45) is 5.92 Å². The van der Waals surface area contributed by atoms with Gasteiger partial charge in [0, 0.05) is 18.7 Å². The molecule has 1 aliphatic heterocycles. The van der Waals surface area contributed by atoms with Crippen molar-refractivity contribution in [3.8, 4) is 0 Å². The second kappa shape index (κ2) is 8.62. The molecule has 1 aromatic carbocycles. The van der Waals surface area contributed by atoms with Gasteiger partial charge in [-0.15, -0.1) is 0 Å². The minimum atomic E-state index is -3.46. The minimum absolute atomic E-state index is 0.0113. The average Bonchev–Trinajstić information content (AvgIpc) is 2.97. The number of nitrogens with zero attached hydrogens (tertiary/aromatic N) is 1. The van der Waals surface area contributed by atoms with Gasteiger partial charge in [0.25, 0.3) is 0 Å². The topological polar surface area (TPSA) is 62.6 Å². The van der Waals surface area contributed by atoms with Crippen molar-refractivity contribution in [2.75, 3.05) is 19.6 Å². The molecule has 0 spiro atoms. The van der Waals surface area contributed by atoms with Crippen LogP contribution in [0.1, 0.15) is 56.3 Å². The third kappa shape index (κ3) is 5.71. The molecule has 0 amide bonds. The first kappa shape index (κ1) is 22.1. The summed E-state index contributed by atoms with van der Waals surface area (Å²) in [7, 11) is -3.46. The van der Waals surface area contributed by atoms with Crippen LogP contribution in [0.3, 0.4) is 0 Å². The SMILES string of the molecule is Cc1cc(CN2CCC(CNS(=O)(=O)c3ccc(C(C)(C)C)cc3)CC2)c(C)o1. The summed E-state index contributed by atoms with van der Waals surface area (Å²) in [4.78, 5) is 2.77. The zero-order valence-electron chi connectivity index (χ0n) is 18.3. The van der Waals surface area contributed by atoms with Crippen molar-refractivity contribution in [2.45, 2.75) is 64.3 Å². The highest BCUT2D eigenvalue weighted by Crippen LogP contribution is 2.24. The van der Waals surface area contributed by atoms with E-state index in [4.69, 9.17) is 4.42 Å². The van der Waals surface area contributed by atoms with E-state index in [-0.39, 0.29) is 5.41 Å². The van der Waals surface area contributed by atoms with Crippen molar-refractivity contribution in [1.82, 2.24) is 9.62 Å². The summed E-state index contributed by atoms with van der Waals surface area (Å²) in [5.41, 5.74) is 2.39. The van der Waals surface area contributed by atoms with E-state index >= 15 is 0 Å². The van der Waals surface area contributed by atoms with Crippen LogP contribution in [0.4, 0.5) is 0 Å². The van der Waals surface area contributed by atoms with Gasteiger partial charge in [-0.25, -0.2) is 13.1 Å². The average molecular weight is 419 g/mol. The summed E-state index contributed by atoms with van der Waals surface area (Å²) in [6.45, 7) is 13.7. The Morgan fingerprint density at radius 1 is 1.10 bits per heavy atom. The van der Waals surface area contributed by atoms with Gasteiger partial charge in [-0.2, -0.15) is 0 Å². The molecule has 6 heteroatoms. The molecule has 0 aliphatic carbocycles. The second-order valence-electron chi connectivity index (χ2n) is 9.28. The molecule has 2 aromatic rings. The van der Waals surface area contributed by atoms with E-state index in [1.165, 1.54) is 5.56 Å². The highest BCUT2D eigenvalue weighted by atomic mass is 32.2. The summed E-state index contributed by atoms with van der Waals surface area (Å²) in [5, 5.41) is 0. The lowest BCUT2D eigenvalue weighted by atomic mass is 9.87. The second-order valence-corrected chi connectivity index (χ2v) is 11.1. The van der Waals surface area contributed by atoms with Crippen LogP contribution in [0.5, 0.6) is 0 Å². The summed E-state index contributed by atoms with van der Waals surface area (Å²) in [5.74, 6) is 2.33. The fraction of sp³-hybridized carbons (Fsp3) is 0.565. The molecule has 1 aromatic heterocycles. The smallest absolute Gasteiger partial charge is 0.240 e. The Labute approximate surface area is 175 Å². The van der Waals surface area contributed by atoms with Crippen molar-refractivity contribution < 1.29 is 12.8 Å². The van der Waals surface area contributed by atoms with E-state index in [1.807, 2.05) is 26.0 Å². The quantitative estimate of drug-likeness (QED) is 0.756. The number of rotatable bonds is 6. The van der Waals surface area contributed by atoms with Gasteiger partial charge in [0.1, 0.15) is 11.5 Å². The van der Waals surface area contributed by atoms with Crippen molar-refractivity contribution >= 4 is 10.0 Å². The molecule has 29 heavy (non-hydrogen) atoms. The van der Waals surface area contributed by atoms with Crippen molar-refractivity contribution in [3.05, 3.63) is 53.0 Å². The van der Waals surface area contributed by atoms with Crippen LogP contribution in [0.25, 0.3) is 0 Å². The first-order valence-corrected chi connectivity index (χ1v) is 11.9. The highest BCUT2D eigenvalue weighted by molar-refractivity contribution is 7.89. The van der Waals surface area contributed by atoms with Crippen LogP contribution in [0.15, 0.2) is 39.6 Å². The molecule has 0 bridgehead atoms. The molecule has 3 rings (SSSR count). The molecule has 1 aliphatic rings. The molecular formula is C23H34N2O3S. The standard InChI is InChI=1S/C23H34N2O3S/c1-17-14-20(18(2)28-17)16-25-12-10-19(11-13-25)15-24-29(26,27)22-8-6-21(7-9-22)23(3,4)5/h6-9,14,19,24H,10-13,15-16H2,1-5H3. The maximum atomic E-state index is 12.6. The summed E-state index contributed by atoms with van der Waals surface area (Å²) >= 11 is 0. The van der Waals surface area contributed by atoms with Crippen molar-refractivity contribution in [1.29, 1.82) is 0 Å². The van der Waals surface area contributed by atoms with Crippen LogP contribution in [0.2, 0.25) is 0 Å². The summed E-state index contributed by atoms with van der Waals surface area (Å²) in [6.07, 6.45) is 2.00. The number of hydrogen-bond acceptors (Lipinski definition) is 4. The Bertz CT molecular complexity index is 916. The molecule has 2 heterocycles. The molecule has 160 valence electrons. The maximum Gasteiger partial charge on any atom is 0.240 e. The number of piperidine rings is 1. The largest absolute Gasteiger partial charge is 0.466 e. The molecule has 0 radical (unpaired) electrons. The van der Waals surface area contributed by atoms with Gasteiger partial charge < -0.3 is 4.42 Å². The fourth-order valence-corrected chi connectivity index (χ4v) is 4.99. The number of hydrogen-bond donors (Lipinski definition) is 1. The highest BCUT2D eigenvalue weighted by Gasteiger charge is 2.23. The van der Waals surface area contributed by atoms with Gasteiger partial charge in [0.2, 0.25) is 10.0 Å². The molecule has 1 fully saturated rings. The molecule has 0 atom stereocenters. The Morgan fingerprint density at radius 3 is 2.24 bits per heavy atom. The third-order valence-corrected chi connectivity index (χ3v) is 7.28. The molecule has 1 saturated heterocycles. The van der Waals surface area contributed by atoms with E-state index in [1.54, 1.807) is 12.1 Å². The number of benzene rings is 1. The number of likely N-dealkylation sites (tertiary alicyclic amines) is 1.